The maximum Gasteiger partial charge on any atom is 0.260 e. The molecule has 1 aliphatic heterocycles. The molecule has 3 aromatic rings. The summed E-state index contributed by atoms with van der Waals surface area (Å²) >= 11 is 0. The van der Waals surface area contributed by atoms with E-state index < -0.39 is 16.1 Å². The van der Waals surface area contributed by atoms with Crippen molar-refractivity contribution in [3.8, 4) is 17.2 Å². The second kappa shape index (κ2) is 7.66. The molecule has 3 heterocycles. The van der Waals surface area contributed by atoms with Crippen molar-refractivity contribution in [1.29, 1.82) is 0 Å². The molecule has 0 bridgehead atoms. The van der Waals surface area contributed by atoms with Crippen LogP contribution in [0.3, 0.4) is 0 Å². The fraction of sp³-hybridized carbons (Fsp3) is 0.278. The lowest BCUT2D eigenvalue weighted by molar-refractivity contribution is -0.00865. The standard InChI is InChI=1S/C18H18N4O5S/c1-25-14-7-5-13(6-8-14)18-20-17(21-27-18)15-12-22(10-11-26-15)28(23,24)16-4-2-3-9-19-16/h2-9,15H,10-12H2,1H3/t15-/m1/s1. The van der Waals surface area contributed by atoms with Crippen LogP contribution < -0.4 is 4.74 Å². The van der Waals surface area contributed by atoms with Crippen molar-refractivity contribution in [2.45, 2.75) is 11.1 Å². The molecule has 2 aromatic heterocycles. The molecule has 0 N–H and O–H groups in total. The summed E-state index contributed by atoms with van der Waals surface area (Å²) < 4.78 is 43.0. The zero-order valence-corrected chi connectivity index (χ0v) is 15.9. The van der Waals surface area contributed by atoms with Crippen LogP contribution >= 0.6 is 0 Å². The number of aromatic nitrogens is 3. The number of benzene rings is 1. The van der Waals surface area contributed by atoms with Crippen molar-refractivity contribution < 1.29 is 22.4 Å². The summed E-state index contributed by atoms with van der Waals surface area (Å²) in [7, 11) is -2.13. The molecule has 1 aromatic carbocycles. The Morgan fingerprint density at radius 2 is 2.00 bits per heavy atom. The van der Waals surface area contributed by atoms with Crippen LogP contribution in [0.2, 0.25) is 0 Å². The first-order valence-corrected chi connectivity index (χ1v) is 10.0. The lowest BCUT2D eigenvalue weighted by Gasteiger charge is -2.30. The first-order chi connectivity index (χ1) is 13.6. The van der Waals surface area contributed by atoms with Crippen LogP contribution in [0.4, 0.5) is 0 Å². The quantitative estimate of drug-likeness (QED) is 0.637. The van der Waals surface area contributed by atoms with Gasteiger partial charge in [-0.25, -0.2) is 13.4 Å². The highest BCUT2D eigenvalue weighted by Gasteiger charge is 2.34. The number of morpholine rings is 1. The molecule has 1 aliphatic rings. The van der Waals surface area contributed by atoms with Gasteiger partial charge in [-0.2, -0.15) is 9.29 Å². The van der Waals surface area contributed by atoms with Crippen molar-refractivity contribution >= 4 is 10.0 Å². The van der Waals surface area contributed by atoms with Crippen LogP contribution in [0.1, 0.15) is 11.9 Å². The molecule has 0 aliphatic carbocycles. The number of rotatable bonds is 5. The first kappa shape index (κ1) is 18.5. The summed E-state index contributed by atoms with van der Waals surface area (Å²) in [4.78, 5) is 8.32. The number of ether oxygens (including phenoxy) is 2. The largest absolute Gasteiger partial charge is 0.497 e. The number of pyridine rings is 1. The van der Waals surface area contributed by atoms with Crippen LogP contribution in [-0.4, -0.2) is 54.7 Å². The highest BCUT2D eigenvalue weighted by atomic mass is 32.2. The lowest BCUT2D eigenvalue weighted by Crippen LogP contribution is -2.42. The van der Waals surface area contributed by atoms with E-state index >= 15 is 0 Å². The monoisotopic (exact) mass is 402 g/mol. The molecular formula is C18H18N4O5S. The Morgan fingerprint density at radius 1 is 1.18 bits per heavy atom. The average Bonchev–Trinajstić information content (AvgIpc) is 3.25. The van der Waals surface area contributed by atoms with Crippen LogP contribution in [0.5, 0.6) is 5.75 Å². The van der Waals surface area contributed by atoms with Crippen molar-refractivity contribution in [3.63, 3.8) is 0 Å². The average molecular weight is 402 g/mol. The van der Waals surface area contributed by atoms with Gasteiger partial charge >= 0.3 is 0 Å². The zero-order chi connectivity index (χ0) is 19.6. The molecule has 0 amide bonds. The third kappa shape index (κ3) is 3.61. The normalized spacial score (nSPS) is 18.1. The minimum Gasteiger partial charge on any atom is -0.497 e. The van der Waals surface area contributed by atoms with E-state index in [1.54, 1.807) is 43.5 Å². The minimum atomic E-state index is -3.71. The van der Waals surface area contributed by atoms with E-state index in [9.17, 15) is 8.42 Å². The third-order valence-electron chi connectivity index (χ3n) is 4.34. The van der Waals surface area contributed by atoms with Gasteiger partial charge in [0.15, 0.2) is 5.03 Å². The molecule has 1 atom stereocenters. The second-order valence-corrected chi connectivity index (χ2v) is 7.96. The van der Waals surface area contributed by atoms with Crippen LogP contribution in [-0.2, 0) is 14.8 Å². The van der Waals surface area contributed by atoms with Gasteiger partial charge in [0.05, 0.1) is 13.7 Å². The van der Waals surface area contributed by atoms with Gasteiger partial charge in [-0.3, -0.25) is 0 Å². The van der Waals surface area contributed by atoms with E-state index in [1.165, 1.54) is 16.6 Å². The summed E-state index contributed by atoms with van der Waals surface area (Å²) in [6.07, 6.45) is 0.827. The highest BCUT2D eigenvalue weighted by molar-refractivity contribution is 7.89. The molecule has 0 saturated carbocycles. The van der Waals surface area contributed by atoms with Crippen molar-refractivity contribution in [2.24, 2.45) is 0 Å². The minimum absolute atomic E-state index is 0.00249. The predicted molar refractivity (Wildman–Crippen MR) is 98.0 cm³/mol. The molecule has 1 fully saturated rings. The van der Waals surface area contributed by atoms with Gasteiger partial charge in [0, 0.05) is 24.8 Å². The predicted octanol–water partition coefficient (Wildman–Crippen LogP) is 1.90. The van der Waals surface area contributed by atoms with E-state index in [1.807, 2.05) is 0 Å². The summed E-state index contributed by atoms with van der Waals surface area (Å²) in [5, 5.41) is 3.97. The molecule has 10 heteroatoms. The molecule has 146 valence electrons. The summed E-state index contributed by atoms with van der Waals surface area (Å²) in [6.45, 7) is 0.544. The first-order valence-electron chi connectivity index (χ1n) is 8.59. The Morgan fingerprint density at radius 3 is 2.71 bits per heavy atom. The van der Waals surface area contributed by atoms with E-state index in [0.717, 1.165) is 11.3 Å². The number of nitrogens with zero attached hydrogens (tertiary/aromatic N) is 4. The Labute approximate surface area is 162 Å². The van der Waals surface area contributed by atoms with Crippen molar-refractivity contribution in [2.75, 3.05) is 26.8 Å². The van der Waals surface area contributed by atoms with Gasteiger partial charge in [-0.1, -0.05) is 11.2 Å². The van der Waals surface area contributed by atoms with Crippen LogP contribution in [0.25, 0.3) is 11.5 Å². The van der Waals surface area contributed by atoms with Gasteiger partial charge in [-0.05, 0) is 36.4 Å². The Kier molecular flexibility index (Phi) is 5.07. The van der Waals surface area contributed by atoms with Gasteiger partial charge in [-0.15, -0.1) is 0 Å². The maximum absolute atomic E-state index is 12.8. The zero-order valence-electron chi connectivity index (χ0n) is 15.1. The van der Waals surface area contributed by atoms with E-state index in [-0.39, 0.29) is 24.7 Å². The molecule has 0 spiro atoms. The fourth-order valence-electron chi connectivity index (χ4n) is 2.85. The maximum atomic E-state index is 12.8. The molecule has 0 radical (unpaired) electrons. The smallest absolute Gasteiger partial charge is 0.260 e. The number of methoxy groups -OCH3 is 1. The topological polar surface area (TPSA) is 108 Å². The lowest BCUT2D eigenvalue weighted by atomic mass is 10.2. The van der Waals surface area contributed by atoms with E-state index in [0.29, 0.717) is 11.7 Å². The van der Waals surface area contributed by atoms with E-state index in [4.69, 9.17) is 14.0 Å². The fourth-order valence-corrected chi connectivity index (χ4v) is 4.20. The van der Waals surface area contributed by atoms with Gasteiger partial charge < -0.3 is 14.0 Å². The highest BCUT2D eigenvalue weighted by Crippen LogP contribution is 2.27. The van der Waals surface area contributed by atoms with Crippen molar-refractivity contribution in [1.82, 2.24) is 19.4 Å². The Balaban J connectivity index is 1.53. The summed E-state index contributed by atoms with van der Waals surface area (Å²) in [6, 6.07) is 12.0. The molecule has 4 rings (SSSR count). The van der Waals surface area contributed by atoms with Crippen LogP contribution in [0, 0.1) is 0 Å². The van der Waals surface area contributed by atoms with Gasteiger partial charge in [0.25, 0.3) is 15.9 Å². The van der Waals surface area contributed by atoms with Crippen molar-refractivity contribution in [3.05, 3.63) is 54.5 Å². The SMILES string of the molecule is COc1ccc(-c2nc([C@H]3CN(S(=O)(=O)c4ccccn4)CCO3)no2)cc1. The molecule has 9 nitrogen and oxygen atoms in total. The van der Waals surface area contributed by atoms with Crippen LogP contribution in [0.15, 0.2) is 58.2 Å². The summed E-state index contributed by atoms with van der Waals surface area (Å²) in [5.41, 5.74) is 0.730. The summed E-state index contributed by atoms with van der Waals surface area (Å²) in [5.74, 6) is 1.34. The molecular weight excluding hydrogens is 384 g/mol. The van der Waals surface area contributed by atoms with E-state index in [2.05, 4.69) is 15.1 Å². The number of hydrogen-bond acceptors (Lipinski definition) is 8. The molecule has 28 heavy (non-hydrogen) atoms. The number of hydrogen-bond donors (Lipinski definition) is 0. The molecule has 0 unspecified atom stereocenters. The second-order valence-electron chi connectivity index (χ2n) is 6.08. The Hall–Kier alpha value is -2.82. The van der Waals surface area contributed by atoms with Gasteiger partial charge in [0.1, 0.15) is 11.9 Å². The van der Waals surface area contributed by atoms with Gasteiger partial charge in [0.2, 0.25) is 5.82 Å². The third-order valence-corrected chi connectivity index (χ3v) is 6.12. The Bertz CT molecular complexity index is 1040. The molecule has 1 saturated heterocycles. The number of sulfonamides is 1.